The molecule has 0 bridgehead atoms. The Bertz CT molecular complexity index is 392. The molecule has 0 radical (unpaired) electrons. The van der Waals surface area contributed by atoms with Crippen LogP contribution in [0.25, 0.3) is 0 Å². The number of fused-ring (bicyclic) bond motifs is 1. The molecule has 0 fully saturated rings. The van der Waals surface area contributed by atoms with Gasteiger partial charge in [-0.15, -0.1) is 11.8 Å². The Kier molecular flexibility index (Phi) is 3.51. The normalized spacial score (nSPS) is 14.8. The summed E-state index contributed by atoms with van der Waals surface area (Å²) in [5, 5.41) is 0. The van der Waals surface area contributed by atoms with Gasteiger partial charge in [-0.3, -0.25) is 4.79 Å². The molecule has 16 heavy (non-hydrogen) atoms. The van der Waals surface area contributed by atoms with Gasteiger partial charge in [-0.1, -0.05) is 19.1 Å². The van der Waals surface area contributed by atoms with Crippen LogP contribution in [0, 0.1) is 0 Å². The number of nitrogens with two attached hydrogens (primary N) is 1. The Labute approximate surface area is 100.0 Å². The summed E-state index contributed by atoms with van der Waals surface area (Å²) < 4.78 is 0. The fourth-order valence-electron chi connectivity index (χ4n) is 1.99. The van der Waals surface area contributed by atoms with E-state index in [2.05, 4.69) is 25.1 Å². The topological polar surface area (TPSA) is 46.3 Å². The van der Waals surface area contributed by atoms with E-state index in [-0.39, 0.29) is 12.5 Å². The summed E-state index contributed by atoms with van der Waals surface area (Å²) in [5.41, 5.74) is 7.76. The van der Waals surface area contributed by atoms with Gasteiger partial charge in [0.15, 0.2) is 0 Å². The van der Waals surface area contributed by atoms with Crippen molar-refractivity contribution in [3.8, 4) is 0 Å². The van der Waals surface area contributed by atoms with Crippen molar-refractivity contribution in [2.45, 2.75) is 18.2 Å². The zero-order valence-corrected chi connectivity index (χ0v) is 10.2. The second-order valence-electron chi connectivity index (χ2n) is 3.72. The molecule has 0 aromatic heterocycles. The highest BCUT2D eigenvalue weighted by molar-refractivity contribution is 7.99. The van der Waals surface area contributed by atoms with Gasteiger partial charge in [0.2, 0.25) is 5.91 Å². The number of carbonyl (C=O) groups excluding carboxylic acids is 1. The van der Waals surface area contributed by atoms with Gasteiger partial charge in [0.1, 0.15) is 0 Å². The van der Waals surface area contributed by atoms with Crippen LogP contribution >= 0.6 is 11.8 Å². The predicted octanol–water partition coefficient (Wildman–Crippen LogP) is 1.65. The van der Waals surface area contributed by atoms with Crippen molar-refractivity contribution in [1.82, 2.24) is 0 Å². The molecule has 4 heteroatoms. The lowest BCUT2D eigenvalue weighted by molar-refractivity contribution is -0.117. The van der Waals surface area contributed by atoms with Crippen molar-refractivity contribution >= 4 is 23.4 Å². The van der Waals surface area contributed by atoms with Crippen molar-refractivity contribution in [2.24, 2.45) is 5.73 Å². The van der Waals surface area contributed by atoms with Crippen molar-refractivity contribution in [2.75, 3.05) is 23.7 Å². The Morgan fingerprint density at radius 1 is 1.56 bits per heavy atom. The SMILES string of the molecule is CCc1cccc2c1N(C(=O)CN)CCS2. The van der Waals surface area contributed by atoms with Gasteiger partial charge in [0.25, 0.3) is 0 Å². The number of hydrogen-bond acceptors (Lipinski definition) is 3. The van der Waals surface area contributed by atoms with Crippen molar-refractivity contribution in [3.63, 3.8) is 0 Å². The van der Waals surface area contributed by atoms with Gasteiger partial charge in [-0.05, 0) is 18.1 Å². The zero-order chi connectivity index (χ0) is 11.5. The second kappa shape index (κ2) is 4.89. The summed E-state index contributed by atoms with van der Waals surface area (Å²) in [6.45, 7) is 2.97. The molecule has 0 saturated heterocycles. The predicted molar refractivity (Wildman–Crippen MR) is 68.0 cm³/mol. The van der Waals surface area contributed by atoms with Gasteiger partial charge in [-0.25, -0.2) is 0 Å². The number of para-hydroxylation sites is 1. The molecule has 3 nitrogen and oxygen atoms in total. The highest BCUT2D eigenvalue weighted by Crippen LogP contribution is 2.37. The van der Waals surface area contributed by atoms with E-state index < -0.39 is 0 Å². The zero-order valence-electron chi connectivity index (χ0n) is 9.40. The number of hydrogen-bond donors (Lipinski definition) is 1. The van der Waals surface area contributed by atoms with Crippen LogP contribution in [0.3, 0.4) is 0 Å². The molecular formula is C12H16N2OS. The fraction of sp³-hybridized carbons (Fsp3) is 0.417. The summed E-state index contributed by atoms with van der Waals surface area (Å²) in [5.74, 6) is 0.966. The summed E-state index contributed by atoms with van der Waals surface area (Å²) in [6, 6.07) is 6.22. The number of nitrogens with zero attached hydrogens (tertiary/aromatic N) is 1. The van der Waals surface area contributed by atoms with E-state index in [1.54, 1.807) is 0 Å². The molecule has 1 aliphatic heterocycles. The first kappa shape index (κ1) is 11.5. The third-order valence-corrected chi connectivity index (χ3v) is 3.81. The fourth-order valence-corrected chi connectivity index (χ4v) is 3.04. The lowest BCUT2D eigenvalue weighted by atomic mass is 10.1. The van der Waals surface area contributed by atoms with E-state index in [4.69, 9.17) is 5.73 Å². The molecule has 0 aliphatic carbocycles. The van der Waals surface area contributed by atoms with Crippen LogP contribution in [0.1, 0.15) is 12.5 Å². The number of benzene rings is 1. The molecule has 0 unspecified atom stereocenters. The van der Waals surface area contributed by atoms with E-state index in [0.29, 0.717) is 0 Å². The Morgan fingerprint density at radius 3 is 3.06 bits per heavy atom. The molecule has 1 aromatic rings. The minimum atomic E-state index is 0.0162. The highest BCUT2D eigenvalue weighted by atomic mass is 32.2. The van der Waals surface area contributed by atoms with E-state index in [0.717, 1.165) is 24.4 Å². The minimum absolute atomic E-state index is 0.0162. The van der Waals surface area contributed by atoms with Gasteiger partial charge >= 0.3 is 0 Å². The summed E-state index contributed by atoms with van der Waals surface area (Å²) >= 11 is 1.82. The Balaban J connectivity index is 2.46. The monoisotopic (exact) mass is 236 g/mol. The third-order valence-electron chi connectivity index (χ3n) is 2.78. The standard InChI is InChI=1S/C12H16N2OS/c1-2-9-4-3-5-10-12(9)14(6-7-16-10)11(15)8-13/h3-5H,2,6-8,13H2,1H3. The smallest absolute Gasteiger partial charge is 0.240 e. The quantitative estimate of drug-likeness (QED) is 0.849. The lowest BCUT2D eigenvalue weighted by Crippen LogP contribution is -2.40. The number of aryl methyl sites for hydroxylation is 1. The van der Waals surface area contributed by atoms with E-state index in [1.807, 2.05) is 16.7 Å². The number of amides is 1. The largest absolute Gasteiger partial charge is 0.322 e. The molecule has 0 spiro atoms. The molecule has 1 aliphatic rings. The van der Waals surface area contributed by atoms with E-state index in [9.17, 15) is 4.79 Å². The van der Waals surface area contributed by atoms with Crippen LogP contribution in [0.4, 0.5) is 5.69 Å². The molecule has 0 saturated carbocycles. The van der Waals surface area contributed by atoms with E-state index >= 15 is 0 Å². The van der Waals surface area contributed by atoms with Crippen molar-refractivity contribution in [1.29, 1.82) is 0 Å². The number of anilines is 1. The van der Waals surface area contributed by atoms with Gasteiger partial charge in [0, 0.05) is 17.2 Å². The van der Waals surface area contributed by atoms with Crippen LogP contribution < -0.4 is 10.6 Å². The van der Waals surface area contributed by atoms with Crippen LogP contribution in [0.5, 0.6) is 0 Å². The van der Waals surface area contributed by atoms with E-state index in [1.165, 1.54) is 10.5 Å². The van der Waals surface area contributed by atoms with Gasteiger partial charge in [-0.2, -0.15) is 0 Å². The third kappa shape index (κ3) is 1.95. The number of carbonyl (C=O) groups is 1. The van der Waals surface area contributed by atoms with Crippen LogP contribution in [0.2, 0.25) is 0 Å². The first-order valence-corrected chi connectivity index (χ1v) is 6.51. The Morgan fingerprint density at radius 2 is 2.38 bits per heavy atom. The van der Waals surface area contributed by atoms with Gasteiger partial charge in [0.05, 0.1) is 12.2 Å². The second-order valence-corrected chi connectivity index (χ2v) is 4.85. The number of thioether (sulfide) groups is 1. The molecular weight excluding hydrogens is 220 g/mol. The summed E-state index contributed by atoms with van der Waals surface area (Å²) in [4.78, 5) is 14.8. The molecule has 1 amide bonds. The molecule has 1 heterocycles. The van der Waals surface area contributed by atoms with Crippen molar-refractivity contribution < 1.29 is 4.79 Å². The first-order chi connectivity index (χ1) is 7.77. The summed E-state index contributed by atoms with van der Waals surface area (Å²) in [6.07, 6.45) is 0.943. The average Bonchev–Trinajstić information content (AvgIpc) is 2.36. The number of rotatable bonds is 2. The average molecular weight is 236 g/mol. The maximum absolute atomic E-state index is 11.8. The molecule has 2 rings (SSSR count). The minimum Gasteiger partial charge on any atom is -0.322 e. The maximum Gasteiger partial charge on any atom is 0.240 e. The Hall–Kier alpha value is -1.000. The highest BCUT2D eigenvalue weighted by Gasteiger charge is 2.23. The molecule has 2 N–H and O–H groups in total. The molecule has 86 valence electrons. The molecule has 1 aromatic carbocycles. The van der Waals surface area contributed by atoms with Crippen molar-refractivity contribution in [3.05, 3.63) is 23.8 Å². The molecule has 0 atom stereocenters. The summed E-state index contributed by atoms with van der Waals surface area (Å²) in [7, 11) is 0. The van der Waals surface area contributed by atoms with Gasteiger partial charge < -0.3 is 10.6 Å². The van der Waals surface area contributed by atoms with Crippen LogP contribution in [-0.4, -0.2) is 24.7 Å². The van der Waals surface area contributed by atoms with Crippen LogP contribution in [0.15, 0.2) is 23.1 Å². The first-order valence-electron chi connectivity index (χ1n) is 5.53. The van der Waals surface area contributed by atoms with Crippen LogP contribution in [-0.2, 0) is 11.2 Å². The lowest BCUT2D eigenvalue weighted by Gasteiger charge is -2.30. The maximum atomic E-state index is 11.8.